The Hall–Kier alpha value is -3.02. The van der Waals surface area contributed by atoms with E-state index >= 15 is 0 Å². The number of methoxy groups -OCH3 is 1. The van der Waals surface area contributed by atoms with Crippen LogP contribution in [0.15, 0.2) is 42.5 Å². The molecule has 0 atom stereocenters. The Morgan fingerprint density at radius 1 is 1.09 bits per heavy atom. The molecule has 6 heteroatoms. The molecule has 0 radical (unpaired) electrons. The van der Waals surface area contributed by atoms with Crippen LogP contribution in [0.2, 0.25) is 0 Å². The van der Waals surface area contributed by atoms with E-state index in [1.54, 1.807) is 18.2 Å². The third-order valence-corrected chi connectivity index (χ3v) is 2.96. The van der Waals surface area contributed by atoms with Gasteiger partial charge >= 0.3 is 6.03 Å². The minimum Gasteiger partial charge on any atom is -0.545 e. The van der Waals surface area contributed by atoms with E-state index < -0.39 is 12.0 Å². The number of amides is 2. The molecule has 2 N–H and O–H groups in total. The van der Waals surface area contributed by atoms with E-state index in [2.05, 4.69) is 10.6 Å². The van der Waals surface area contributed by atoms with Gasteiger partial charge in [-0.05, 0) is 42.3 Å². The molecule has 0 spiro atoms. The van der Waals surface area contributed by atoms with Gasteiger partial charge in [0.05, 0.1) is 18.8 Å². The number of carbonyl (C=O) groups excluding carboxylic acids is 2. The molecule has 114 valence electrons. The Morgan fingerprint density at radius 3 is 2.55 bits per heavy atom. The standard InChI is InChI=1S/C16H16N2O4/c1-10-6-7-14(22-2)13(8-10)18-16(21)17-12-5-3-4-11(9-12)15(19)20/h3-9H,1-2H3,(H,19,20)(H2,17,18,21)/p-1. The number of rotatable bonds is 4. The number of ether oxygens (including phenoxy) is 1. The van der Waals surface area contributed by atoms with Gasteiger partial charge in [-0.15, -0.1) is 0 Å². The Kier molecular flexibility index (Phi) is 4.63. The summed E-state index contributed by atoms with van der Waals surface area (Å²) in [5, 5.41) is 16.0. The van der Waals surface area contributed by atoms with Gasteiger partial charge < -0.3 is 25.3 Å². The number of carbonyl (C=O) groups is 2. The first kappa shape index (κ1) is 15.4. The summed E-state index contributed by atoms with van der Waals surface area (Å²) in [6, 6.07) is 10.7. The van der Waals surface area contributed by atoms with Crippen LogP contribution in [0.25, 0.3) is 0 Å². The summed E-state index contributed by atoms with van der Waals surface area (Å²) >= 11 is 0. The summed E-state index contributed by atoms with van der Waals surface area (Å²) in [5.74, 6) is -0.770. The Labute approximate surface area is 127 Å². The van der Waals surface area contributed by atoms with Gasteiger partial charge in [0.2, 0.25) is 0 Å². The van der Waals surface area contributed by atoms with E-state index in [0.29, 0.717) is 17.1 Å². The molecule has 0 saturated heterocycles. The smallest absolute Gasteiger partial charge is 0.323 e. The molecule has 2 aromatic rings. The number of nitrogens with one attached hydrogen (secondary N) is 2. The van der Waals surface area contributed by atoms with Gasteiger partial charge in [0.25, 0.3) is 0 Å². The van der Waals surface area contributed by atoms with Crippen LogP contribution in [0.3, 0.4) is 0 Å². The van der Waals surface area contributed by atoms with Crippen LogP contribution in [-0.2, 0) is 0 Å². The van der Waals surface area contributed by atoms with E-state index in [4.69, 9.17) is 4.74 Å². The van der Waals surface area contributed by atoms with Gasteiger partial charge in [-0.1, -0.05) is 18.2 Å². The lowest BCUT2D eigenvalue weighted by Gasteiger charge is -2.12. The fourth-order valence-corrected chi connectivity index (χ4v) is 1.93. The second-order valence-electron chi connectivity index (χ2n) is 4.65. The quantitative estimate of drug-likeness (QED) is 0.903. The maximum Gasteiger partial charge on any atom is 0.323 e. The molecule has 2 aromatic carbocycles. The van der Waals surface area contributed by atoms with Crippen molar-refractivity contribution in [3.63, 3.8) is 0 Å². The number of aromatic carboxylic acids is 1. The van der Waals surface area contributed by atoms with Gasteiger partial charge in [0.1, 0.15) is 5.75 Å². The molecule has 0 heterocycles. The van der Waals surface area contributed by atoms with Crippen molar-refractivity contribution in [2.45, 2.75) is 6.92 Å². The number of carboxylic acids is 1. The highest BCUT2D eigenvalue weighted by Crippen LogP contribution is 2.25. The second kappa shape index (κ2) is 6.62. The van der Waals surface area contributed by atoms with Crippen molar-refractivity contribution >= 4 is 23.4 Å². The van der Waals surface area contributed by atoms with Crippen LogP contribution >= 0.6 is 0 Å². The van der Waals surface area contributed by atoms with Gasteiger partial charge in [-0.25, -0.2) is 4.79 Å². The maximum absolute atomic E-state index is 12.0. The van der Waals surface area contributed by atoms with Gasteiger partial charge in [-0.2, -0.15) is 0 Å². The van der Waals surface area contributed by atoms with Crippen molar-refractivity contribution in [1.29, 1.82) is 0 Å². The third-order valence-electron chi connectivity index (χ3n) is 2.96. The zero-order chi connectivity index (χ0) is 16.1. The largest absolute Gasteiger partial charge is 0.545 e. The molecule has 22 heavy (non-hydrogen) atoms. The van der Waals surface area contributed by atoms with E-state index in [0.717, 1.165) is 5.56 Å². The Morgan fingerprint density at radius 2 is 1.86 bits per heavy atom. The maximum atomic E-state index is 12.0. The minimum atomic E-state index is -1.30. The molecular formula is C16H15N2O4-. The monoisotopic (exact) mass is 299 g/mol. The van der Waals surface area contributed by atoms with Crippen LogP contribution < -0.4 is 20.5 Å². The first-order valence-electron chi connectivity index (χ1n) is 6.53. The number of urea groups is 1. The highest BCUT2D eigenvalue weighted by atomic mass is 16.5. The summed E-state index contributed by atoms with van der Waals surface area (Å²) in [6.45, 7) is 1.89. The molecule has 0 unspecified atom stereocenters. The predicted molar refractivity (Wildman–Crippen MR) is 81.1 cm³/mol. The normalized spacial score (nSPS) is 9.91. The SMILES string of the molecule is COc1ccc(C)cc1NC(=O)Nc1cccc(C(=O)[O-])c1. The molecule has 0 fully saturated rings. The van der Waals surface area contributed by atoms with Crippen LogP contribution in [0.4, 0.5) is 16.2 Å². The fraction of sp³-hybridized carbons (Fsp3) is 0.125. The van der Waals surface area contributed by atoms with Crippen molar-refractivity contribution in [3.8, 4) is 5.75 Å². The van der Waals surface area contributed by atoms with Gasteiger partial charge in [-0.3, -0.25) is 0 Å². The summed E-state index contributed by atoms with van der Waals surface area (Å²) in [4.78, 5) is 22.8. The average molecular weight is 299 g/mol. The molecule has 0 bridgehead atoms. The molecular weight excluding hydrogens is 284 g/mol. The molecule has 0 saturated carbocycles. The highest BCUT2D eigenvalue weighted by Gasteiger charge is 2.08. The van der Waals surface area contributed by atoms with E-state index in [-0.39, 0.29) is 5.56 Å². The van der Waals surface area contributed by atoms with Crippen molar-refractivity contribution in [2.24, 2.45) is 0 Å². The number of benzene rings is 2. The number of aryl methyl sites for hydroxylation is 1. The summed E-state index contributed by atoms with van der Waals surface area (Å²) < 4.78 is 5.17. The predicted octanol–water partition coefficient (Wildman–Crippen LogP) is 2.01. The molecule has 2 rings (SSSR count). The lowest BCUT2D eigenvalue weighted by atomic mass is 10.2. The summed E-state index contributed by atoms with van der Waals surface area (Å²) in [6.07, 6.45) is 0. The molecule has 6 nitrogen and oxygen atoms in total. The molecule has 0 aromatic heterocycles. The van der Waals surface area contributed by atoms with Crippen molar-refractivity contribution < 1.29 is 19.4 Å². The number of carboxylic acid groups (broad SMARTS) is 1. The summed E-state index contributed by atoms with van der Waals surface area (Å²) in [7, 11) is 1.51. The van der Waals surface area contributed by atoms with Crippen molar-refractivity contribution in [2.75, 3.05) is 17.7 Å². The van der Waals surface area contributed by atoms with Gasteiger partial charge in [0.15, 0.2) is 0 Å². The summed E-state index contributed by atoms with van der Waals surface area (Å²) in [5.41, 5.74) is 1.84. The first-order valence-corrected chi connectivity index (χ1v) is 6.53. The molecule has 0 aliphatic rings. The zero-order valence-electron chi connectivity index (χ0n) is 12.2. The van der Waals surface area contributed by atoms with E-state index in [1.165, 1.54) is 25.3 Å². The average Bonchev–Trinajstić information content (AvgIpc) is 2.47. The van der Waals surface area contributed by atoms with Crippen LogP contribution in [0.1, 0.15) is 15.9 Å². The Balaban J connectivity index is 2.12. The second-order valence-corrected chi connectivity index (χ2v) is 4.65. The Bertz CT molecular complexity index is 713. The van der Waals surface area contributed by atoms with Crippen LogP contribution in [-0.4, -0.2) is 19.1 Å². The van der Waals surface area contributed by atoms with E-state index in [1.807, 2.05) is 13.0 Å². The van der Waals surface area contributed by atoms with Crippen LogP contribution in [0, 0.1) is 6.92 Å². The number of anilines is 2. The third kappa shape index (κ3) is 3.76. The molecule has 0 aliphatic heterocycles. The number of hydrogen-bond acceptors (Lipinski definition) is 4. The zero-order valence-corrected chi connectivity index (χ0v) is 12.2. The van der Waals surface area contributed by atoms with Crippen LogP contribution in [0.5, 0.6) is 5.75 Å². The topological polar surface area (TPSA) is 90.5 Å². The first-order chi connectivity index (χ1) is 10.5. The molecule has 0 aliphatic carbocycles. The van der Waals surface area contributed by atoms with Crippen molar-refractivity contribution in [3.05, 3.63) is 53.6 Å². The highest BCUT2D eigenvalue weighted by molar-refractivity contribution is 6.01. The number of hydrogen-bond donors (Lipinski definition) is 2. The fourth-order valence-electron chi connectivity index (χ4n) is 1.93. The van der Waals surface area contributed by atoms with E-state index in [9.17, 15) is 14.7 Å². The lowest BCUT2D eigenvalue weighted by Crippen LogP contribution is -2.23. The lowest BCUT2D eigenvalue weighted by molar-refractivity contribution is -0.255. The van der Waals surface area contributed by atoms with Crippen molar-refractivity contribution in [1.82, 2.24) is 0 Å². The minimum absolute atomic E-state index is 0.00839. The molecule has 2 amide bonds. The van der Waals surface area contributed by atoms with Gasteiger partial charge in [0, 0.05) is 5.69 Å².